The lowest BCUT2D eigenvalue weighted by atomic mass is 9.48. The van der Waals surface area contributed by atoms with E-state index in [1.165, 1.54) is 49.7 Å². The van der Waals surface area contributed by atoms with Crippen molar-refractivity contribution in [1.82, 2.24) is 9.78 Å². The molecule has 0 aliphatic heterocycles. The zero-order chi connectivity index (χ0) is 19.8. The van der Waals surface area contributed by atoms with Gasteiger partial charge in [0.05, 0.1) is 7.05 Å². The monoisotopic (exact) mass is 386 g/mol. The van der Waals surface area contributed by atoms with Crippen LogP contribution in [-0.2, 0) is 12.5 Å². The Morgan fingerprint density at radius 1 is 1.00 bits per heavy atom. The minimum atomic E-state index is -0.0708. The Balaban J connectivity index is 1.61. The summed E-state index contributed by atoms with van der Waals surface area (Å²) in [6, 6.07) is 14.2. The number of para-hydroxylation sites is 1. The fraction of sp³-hybridized carbons (Fsp3) is 0.480. The van der Waals surface area contributed by atoms with Gasteiger partial charge in [0.25, 0.3) is 0 Å². The van der Waals surface area contributed by atoms with Crippen molar-refractivity contribution in [2.24, 2.45) is 24.8 Å². The highest BCUT2D eigenvalue weighted by Gasteiger charge is 2.52. The molecule has 4 aliphatic rings. The number of nitrogens with zero attached hydrogens (tertiary/aromatic N) is 3. The van der Waals surface area contributed by atoms with Gasteiger partial charge in [0.2, 0.25) is 0 Å². The van der Waals surface area contributed by atoms with Crippen LogP contribution in [0.2, 0.25) is 0 Å². The van der Waals surface area contributed by atoms with Crippen LogP contribution in [-0.4, -0.2) is 9.78 Å². The molecular weight excluding hydrogens is 358 g/mol. The Morgan fingerprint density at radius 2 is 1.62 bits per heavy atom. The molecule has 0 spiro atoms. The molecule has 1 heterocycles. The molecule has 0 N–H and O–H groups in total. The standard InChI is InChI=1S/C25H28N3O/c1-16-8-21(25-13-17-10-18(14-25)12-19(11-17)15-25)23-22(9-16)26-28(24(29)27(23)2)20-6-4-3-5-7-20/h3-9,17-19H,10-15H2,1-2H3/q+1. The van der Waals surface area contributed by atoms with Crippen LogP contribution < -0.4 is 10.3 Å². The fourth-order valence-electron chi connectivity index (χ4n) is 7.16. The lowest BCUT2D eigenvalue weighted by molar-refractivity contribution is -0.665. The molecule has 4 saturated carbocycles. The van der Waals surface area contributed by atoms with E-state index in [9.17, 15) is 4.79 Å². The summed E-state index contributed by atoms with van der Waals surface area (Å²) in [6.45, 7) is 2.17. The van der Waals surface area contributed by atoms with Crippen molar-refractivity contribution in [3.05, 3.63) is 64.1 Å². The van der Waals surface area contributed by atoms with Gasteiger partial charge in [-0.2, -0.15) is 9.36 Å². The summed E-state index contributed by atoms with van der Waals surface area (Å²) in [5, 5.41) is 4.84. The molecule has 7 rings (SSSR count). The largest absolute Gasteiger partial charge is 0.524 e. The summed E-state index contributed by atoms with van der Waals surface area (Å²) in [4.78, 5) is 13.3. The van der Waals surface area contributed by atoms with Gasteiger partial charge in [0.1, 0.15) is 0 Å². The molecule has 0 atom stereocenters. The van der Waals surface area contributed by atoms with Crippen molar-refractivity contribution in [3.63, 3.8) is 0 Å². The van der Waals surface area contributed by atoms with Crippen LogP contribution in [0.25, 0.3) is 16.7 Å². The molecular formula is C25H28N3O+. The first kappa shape index (κ1) is 17.4. The first-order valence-electron chi connectivity index (χ1n) is 11.0. The van der Waals surface area contributed by atoms with E-state index in [2.05, 4.69) is 19.1 Å². The van der Waals surface area contributed by atoms with Gasteiger partial charge in [0.15, 0.2) is 16.7 Å². The minimum absolute atomic E-state index is 0.0708. The predicted octanol–water partition coefficient (Wildman–Crippen LogP) is 3.99. The van der Waals surface area contributed by atoms with Crippen LogP contribution in [0.4, 0.5) is 0 Å². The van der Waals surface area contributed by atoms with Gasteiger partial charge < -0.3 is 0 Å². The highest BCUT2D eigenvalue weighted by atomic mass is 16.2. The van der Waals surface area contributed by atoms with Crippen molar-refractivity contribution < 1.29 is 4.57 Å². The highest BCUT2D eigenvalue weighted by molar-refractivity contribution is 5.77. The summed E-state index contributed by atoms with van der Waals surface area (Å²) in [7, 11) is 1.92. The Hall–Kier alpha value is -2.49. The molecule has 4 nitrogen and oxygen atoms in total. The molecule has 0 unspecified atom stereocenters. The van der Waals surface area contributed by atoms with Crippen LogP contribution in [0.15, 0.2) is 47.3 Å². The number of benzene rings is 2. The van der Waals surface area contributed by atoms with Crippen molar-refractivity contribution in [3.8, 4) is 5.69 Å². The quantitative estimate of drug-likeness (QED) is 0.625. The molecule has 0 saturated heterocycles. The van der Waals surface area contributed by atoms with Crippen molar-refractivity contribution in [2.75, 3.05) is 0 Å². The van der Waals surface area contributed by atoms with E-state index in [1.54, 1.807) is 4.68 Å². The summed E-state index contributed by atoms with van der Waals surface area (Å²) >= 11 is 0. The first-order valence-corrected chi connectivity index (χ1v) is 11.0. The van der Waals surface area contributed by atoms with Gasteiger partial charge in [-0.3, -0.25) is 0 Å². The number of hydrogen-bond donors (Lipinski definition) is 0. The van der Waals surface area contributed by atoms with Gasteiger partial charge in [-0.15, -0.1) is 0 Å². The second-order valence-corrected chi connectivity index (χ2v) is 9.97. The summed E-state index contributed by atoms with van der Waals surface area (Å²) in [5.74, 6) is 2.62. The van der Waals surface area contributed by atoms with Crippen molar-refractivity contribution in [2.45, 2.75) is 50.9 Å². The lowest BCUT2D eigenvalue weighted by Crippen LogP contribution is -2.55. The SMILES string of the molecule is Cc1cc(C23CC4CC(CC(C4)C2)C3)c2c(c1)nn(-c1ccccc1)c(=O)[n+]2C. The smallest absolute Gasteiger partial charge is 0.194 e. The molecule has 4 heteroatoms. The Labute approximate surface area is 171 Å². The van der Waals surface area contributed by atoms with Gasteiger partial charge in [-0.25, -0.2) is 0 Å². The third-order valence-electron chi connectivity index (χ3n) is 7.86. The maximum Gasteiger partial charge on any atom is 0.524 e. The first-order chi connectivity index (χ1) is 14.0. The van der Waals surface area contributed by atoms with E-state index < -0.39 is 0 Å². The molecule has 0 radical (unpaired) electrons. The van der Waals surface area contributed by atoms with E-state index in [0.717, 1.165) is 34.5 Å². The molecule has 4 aliphatic carbocycles. The van der Waals surface area contributed by atoms with Crippen LogP contribution in [0.3, 0.4) is 0 Å². The summed E-state index contributed by atoms with van der Waals surface area (Å²) in [6.07, 6.45) is 8.15. The number of aromatic nitrogens is 3. The van der Waals surface area contributed by atoms with E-state index in [1.807, 2.05) is 41.9 Å². The zero-order valence-electron chi connectivity index (χ0n) is 17.3. The molecule has 1 aromatic heterocycles. The topological polar surface area (TPSA) is 38.8 Å². The second kappa shape index (κ2) is 6.01. The molecule has 4 bridgehead atoms. The van der Waals surface area contributed by atoms with Crippen LogP contribution >= 0.6 is 0 Å². The number of hydrogen-bond acceptors (Lipinski definition) is 2. The summed E-state index contributed by atoms with van der Waals surface area (Å²) < 4.78 is 3.40. The summed E-state index contributed by atoms with van der Waals surface area (Å²) in [5.41, 5.74) is 5.60. The molecule has 3 aromatic rings. The number of fused-ring (bicyclic) bond motifs is 1. The zero-order valence-corrected chi connectivity index (χ0v) is 17.3. The number of rotatable bonds is 2. The maximum atomic E-state index is 13.3. The van der Waals surface area contributed by atoms with Crippen molar-refractivity contribution >= 4 is 11.0 Å². The molecule has 148 valence electrons. The fourth-order valence-corrected chi connectivity index (χ4v) is 7.16. The third kappa shape index (κ3) is 2.54. The molecule has 4 fully saturated rings. The maximum absolute atomic E-state index is 13.3. The minimum Gasteiger partial charge on any atom is -0.194 e. The second-order valence-electron chi connectivity index (χ2n) is 9.97. The van der Waals surface area contributed by atoms with Crippen LogP contribution in [0.5, 0.6) is 0 Å². The Bertz CT molecular complexity index is 1140. The van der Waals surface area contributed by atoms with Crippen LogP contribution in [0, 0.1) is 24.7 Å². The van der Waals surface area contributed by atoms with E-state index >= 15 is 0 Å². The third-order valence-corrected chi connectivity index (χ3v) is 7.86. The molecule has 29 heavy (non-hydrogen) atoms. The van der Waals surface area contributed by atoms with Gasteiger partial charge in [-0.05, 0) is 87.0 Å². The predicted molar refractivity (Wildman–Crippen MR) is 113 cm³/mol. The average Bonchev–Trinajstić information content (AvgIpc) is 2.69. The molecule has 0 amide bonds. The Kier molecular flexibility index (Phi) is 3.60. The van der Waals surface area contributed by atoms with Gasteiger partial charge in [0, 0.05) is 11.0 Å². The van der Waals surface area contributed by atoms with Crippen molar-refractivity contribution in [1.29, 1.82) is 0 Å². The van der Waals surface area contributed by atoms with E-state index in [0.29, 0.717) is 0 Å². The normalized spacial score (nSPS) is 30.2. The van der Waals surface area contributed by atoms with Gasteiger partial charge in [-0.1, -0.05) is 34.0 Å². The highest BCUT2D eigenvalue weighted by Crippen LogP contribution is 2.61. The average molecular weight is 387 g/mol. The van der Waals surface area contributed by atoms with Gasteiger partial charge >= 0.3 is 5.69 Å². The van der Waals surface area contributed by atoms with E-state index in [-0.39, 0.29) is 11.1 Å². The molecule has 2 aromatic carbocycles. The lowest BCUT2D eigenvalue weighted by Gasteiger charge is -2.57. The van der Waals surface area contributed by atoms with Crippen LogP contribution in [0.1, 0.15) is 49.7 Å². The number of aryl methyl sites for hydroxylation is 2. The Morgan fingerprint density at radius 3 is 2.24 bits per heavy atom. The van der Waals surface area contributed by atoms with E-state index in [4.69, 9.17) is 5.10 Å².